The number of benzene rings is 2. The van der Waals surface area contributed by atoms with Gasteiger partial charge in [0, 0.05) is 29.6 Å². The maximum absolute atomic E-state index is 12.8. The highest BCUT2D eigenvalue weighted by atomic mass is 35.5. The van der Waals surface area contributed by atoms with Crippen LogP contribution in [-0.2, 0) is 16.4 Å². The minimum atomic E-state index is -3.31. The monoisotopic (exact) mass is 420 g/mol. The molecule has 3 N–H and O–H groups in total. The lowest BCUT2D eigenvalue weighted by Crippen LogP contribution is -2.46. The molecule has 0 bridgehead atoms. The molecule has 9 heteroatoms. The molecule has 2 aromatic carbocycles. The van der Waals surface area contributed by atoms with E-state index in [2.05, 4.69) is 16.2 Å². The number of fused-ring (bicyclic) bond motifs is 1. The number of rotatable bonds is 4. The molecule has 2 aromatic rings. The highest BCUT2D eigenvalue weighted by Gasteiger charge is 2.31. The number of halogens is 1. The van der Waals surface area contributed by atoms with Crippen molar-refractivity contribution in [3.8, 4) is 0 Å². The molecule has 2 atom stereocenters. The van der Waals surface area contributed by atoms with Gasteiger partial charge < -0.3 is 5.32 Å². The van der Waals surface area contributed by atoms with Gasteiger partial charge in [0.05, 0.1) is 11.9 Å². The van der Waals surface area contributed by atoms with E-state index >= 15 is 0 Å². The van der Waals surface area contributed by atoms with Crippen LogP contribution in [0.25, 0.3) is 0 Å². The molecular formula is C19H21ClN4O3S. The summed E-state index contributed by atoms with van der Waals surface area (Å²) < 4.78 is 25.1. The number of sulfonamides is 1. The smallest absolute Gasteiger partial charge is 0.252 e. The standard InChI is InChI=1S/C19H21ClN4O3S/c1-28(26,27)24-8-7-13-9-14(5-6-17(13)24)19(25)22-18-16(11-21-23-18)12-3-2-4-15(20)10-12/h2-6,9-10,16,18,21,23H,7-8,11H2,1H3,(H,22,25). The molecule has 1 amide bonds. The van der Waals surface area contributed by atoms with Crippen LogP contribution in [0.4, 0.5) is 5.69 Å². The number of nitrogens with zero attached hydrogens (tertiary/aromatic N) is 1. The van der Waals surface area contributed by atoms with E-state index in [-0.39, 0.29) is 18.0 Å². The van der Waals surface area contributed by atoms with Crippen molar-refractivity contribution in [2.24, 2.45) is 0 Å². The predicted molar refractivity (Wildman–Crippen MR) is 109 cm³/mol. The zero-order chi connectivity index (χ0) is 19.9. The number of amides is 1. The van der Waals surface area contributed by atoms with Gasteiger partial charge in [-0.05, 0) is 47.9 Å². The summed E-state index contributed by atoms with van der Waals surface area (Å²) in [6, 6.07) is 12.7. The third kappa shape index (κ3) is 3.73. The van der Waals surface area contributed by atoms with Gasteiger partial charge >= 0.3 is 0 Å². The van der Waals surface area contributed by atoms with Crippen molar-refractivity contribution >= 4 is 33.2 Å². The Kier molecular flexibility index (Phi) is 5.05. The maximum Gasteiger partial charge on any atom is 0.252 e. The molecule has 2 heterocycles. The van der Waals surface area contributed by atoms with Gasteiger partial charge in [-0.2, -0.15) is 0 Å². The number of nitrogens with one attached hydrogen (secondary N) is 3. The molecule has 0 spiro atoms. The van der Waals surface area contributed by atoms with Crippen molar-refractivity contribution in [1.82, 2.24) is 16.2 Å². The molecule has 2 aliphatic heterocycles. The predicted octanol–water partition coefficient (Wildman–Crippen LogP) is 1.61. The van der Waals surface area contributed by atoms with Crippen LogP contribution in [0, 0.1) is 0 Å². The molecular weight excluding hydrogens is 400 g/mol. The van der Waals surface area contributed by atoms with E-state index in [0.29, 0.717) is 35.8 Å². The molecule has 0 saturated carbocycles. The lowest BCUT2D eigenvalue weighted by molar-refractivity contribution is 0.0929. The summed E-state index contributed by atoms with van der Waals surface area (Å²) in [4.78, 5) is 12.8. The Morgan fingerprint density at radius 3 is 2.82 bits per heavy atom. The minimum Gasteiger partial charge on any atom is -0.335 e. The average Bonchev–Trinajstić information content (AvgIpc) is 3.27. The summed E-state index contributed by atoms with van der Waals surface area (Å²) in [7, 11) is -3.31. The molecule has 4 rings (SSSR count). The SMILES string of the molecule is CS(=O)(=O)N1CCc2cc(C(=O)NC3NNCC3c3cccc(Cl)c3)ccc21. The largest absolute Gasteiger partial charge is 0.335 e. The summed E-state index contributed by atoms with van der Waals surface area (Å²) in [5, 5.41) is 3.66. The van der Waals surface area contributed by atoms with E-state index in [1.54, 1.807) is 18.2 Å². The number of hydrazine groups is 1. The molecule has 1 fully saturated rings. The molecule has 28 heavy (non-hydrogen) atoms. The zero-order valence-electron chi connectivity index (χ0n) is 15.3. The molecule has 1 saturated heterocycles. The zero-order valence-corrected chi connectivity index (χ0v) is 16.8. The molecule has 2 aliphatic rings. The van der Waals surface area contributed by atoms with Gasteiger partial charge in [0.2, 0.25) is 10.0 Å². The number of hydrogen-bond donors (Lipinski definition) is 3. The average molecular weight is 421 g/mol. The van der Waals surface area contributed by atoms with E-state index in [1.165, 1.54) is 10.6 Å². The second-order valence-electron chi connectivity index (χ2n) is 7.07. The van der Waals surface area contributed by atoms with Crippen LogP contribution in [0.3, 0.4) is 0 Å². The quantitative estimate of drug-likeness (QED) is 0.699. The van der Waals surface area contributed by atoms with Crippen molar-refractivity contribution in [2.75, 3.05) is 23.7 Å². The second-order valence-corrected chi connectivity index (χ2v) is 9.41. The van der Waals surface area contributed by atoms with Crippen LogP contribution < -0.4 is 20.5 Å². The van der Waals surface area contributed by atoms with Gasteiger partial charge in [0.25, 0.3) is 5.91 Å². The van der Waals surface area contributed by atoms with Crippen molar-refractivity contribution in [3.05, 3.63) is 64.2 Å². The lowest BCUT2D eigenvalue weighted by Gasteiger charge is -2.21. The molecule has 148 valence electrons. The Morgan fingerprint density at radius 1 is 1.25 bits per heavy atom. The van der Waals surface area contributed by atoms with Gasteiger partial charge in [0.15, 0.2) is 0 Å². The van der Waals surface area contributed by atoms with Gasteiger partial charge in [0.1, 0.15) is 6.17 Å². The van der Waals surface area contributed by atoms with Crippen LogP contribution in [0.15, 0.2) is 42.5 Å². The molecule has 0 radical (unpaired) electrons. The Balaban J connectivity index is 1.51. The van der Waals surface area contributed by atoms with Crippen molar-refractivity contribution in [2.45, 2.75) is 18.5 Å². The molecule has 2 unspecified atom stereocenters. The van der Waals surface area contributed by atoms with Gasteiger partial charge in [-0.3, -0.25) is 14.5 Å². The van der Waals surface area contributed by atoms with Gasteiger partial charge in [-0.15, -0.1) is 0 Å². The van der Waals surface area contributed by atoms with E-state index in [1.807, 2.05) is 24.3 Å². The number of hydrogen-bond acceptors (Lipinski definition) is 5. The van der Waals surface area contributed by atoms with Gasteiger partial charge in [-0.25, -0.2) is 13.8 Å². The Morgan fingerprint density at radius 2 is 2.07 bits per heavy atom. The van der Waals surface area contributed by atoms with Crippen molar-refractivity contribution in [1.29, 1.82) is 0 Å². The topological polar surface area (TPSA) is 90.5 Å². The van der Waals surface area contributed by atoms with E-state index in [4.69, 9.17) is 11.6 Å². The highest BCUT2D eigenvalue weighted by molar-refractivity contribution is 7.92. The highest BCUT2D eigenvalue weighted by Crippen LogP contribution is 2.31. The molecule has 0 aliphatic carbocycles. The third-order valence-corrected chi connectivity index (χ3v) is 6.56. The normalized spacial score (nSPS) is 21.6. The summed E-state index contributed by atoms with van der Waals surface area (Å²) in [6.07, 6.45) is 1.50. The molecule has 0 aromatic heterocycles. The Hall–Kier alpha value is -2.13. The summed E-state index contributed by atoms with van der Waals surface area (Å²) in [5.41, 5.74) is 9.23. The van der Waals surface area contributed by atoms with Crippen LogP contribution in [-0.4, -0.2) is 39.8 Å². The van der Waals surface area contributed by atoms with E-state index in [9.17, 15) is 13.2 Å². The fourth-order valence-corrected chi connectivity index (χ4v) is 4.92. The minimum absolute atomic E-state index is 0.0396. The van der Waals surface area contributed by atoms with Crippen molar-refractivity contribution in [3.63, 3.8) is 0 Å². The first kappa shape index (κ1) is 19.2. The number of carbonyl (C=O) groups excluding carboxylic acids is 1. The fourth-order valence-electron chi connectivity index (χ4n) is 3.76. The van der Waals surface area contributed by atoms with Crippen LogP contribution in [0.1, 0.15) is 27.4 Å². The Bertz CT molecular complexity index is 1030. The van der Waals surface area contributed by atoms with E-state index < -0.39 is 10.0 Å². The first-order valence-corrected chi connectivity index (χ1v) is 11.2. The first-order valence-electron chi connectivity index (χ1n) is 8.98. The van der Waals surface area contributed by atoms with E-state index in [0.717, 1.165) is 11.1 Å². The van der Waals surface area contributed by atoms with Gasteiger partial charge in [-0.1, -0.05) is 23.7 Å². The maximum atomic E-state index is 12.8. The summed E-state index contributed by atoms with van der Waals surface area (Å²) >= 11 is 6.10. The third-order valence-electron chi connectivity index (χ3n) is 5.14. The lowest BCUT2D eigenvalue weighted by atomic mass is 9.97. The number of anilines is 1. The molecule has 7 nitrogen and oxygen atoms in total. The first-order chi connectivity index (χ1) is 13.3. The van der Waals surface area contributed by atoms with Crippen LogP contribution >= 0.6 is 11.6 Å². The summed E-state index contributed by atoms with van der Waals surface area (Å²) in [5.74, 6) is -0.174. The second kappa shape index (κ2) is 7.36. The van der Waals surface area contributed by atoms with Crippen molar-refractivity contribution < 1.29 is 13.2 Å². The number of carbonyl (C=O) groups is 1. The summed E-state index contributed by atoms with van der Waals surface area (Å²) in [6.45, 7) is 1.07. The van der Waals surface area contributed by atoms with Crippen LogP contribution in [0.5, 0.6) is 0 Å². The van der Waals surface area contributed by atoms with Crippen LogP contribution in [0.2, 0.25) is 5.02 Å². The fraction of sp³-hybridized carbons (Fsp3) is 0.316. The Labute approximate surface area is 169 Å².